The Hall–Kier alpha value is -2.01. The van der Waals surface area contributed by atoms with Crippen molar-refractivity contribution in [3.63, 3.8) is 0 Å². The van der Waals surface area contributed by atoms with Crippen molar-refractivity contribution >= 4 is 21.8 Å². The van der Waals surface area contributed by atoms with Crippen LogP contribution in [0.1, 0.15) is 32.1 Å². The Kier molecular flexibility index (Phi) is 7.59. The zero-order chi connectivity index (χ0) is 20.7. The second-order valence-corrected chi connectivity index (χ2v) is 8.98. The fraction of sp³-hybridized carbons (Fsp3) is 0.579. The molecule has 0 bridgehead atoms. The molecule has 0 saturated carbocycles. The second-order valence-electron chi connectivity index (χ2n) is 7.04. The molecule has 2 amide bonds. The van der Waals surface area contributed by atoms with Crippen LogP contribution in [0.3, 0.4) is 0 Å². The summed E-state index contributed by atoms with van der Waals surface area (Å²) in [5.41, 5.74) is 2.33. The van der Waals surface area contributed by atoms with Crippen molar-refractivity contribution in [2.45, 2.75) is 43.3 Å². The molecule has 10 heteroatoms. The highest BCUT2D eigenvalue weighted by Gasteiger charge is 2.30. The molecule has 3 rings (SSSR count). The number of hydrogen-bond donors (Lipinski definition) is 1. The summed E-state index contributed by atoms with van der Waals surface area (Å²) in [6.07, 6.45) is 2.34. The number of hydroxylamine groups is 1. The van der Waals surface area contributed by atoms with E-state index in [9.17, 15) is 18.0 Å². The molecule has 1 aromatic carbocycles. The van der Waals surface area contributed by atoms with Crippen LogP contribution in [-0.2, 0) is 29.2 Å². The summed E-state index contributed by atoms with van der Waals surface area (Å²) in [5, 5.41) is 0. The van der Waals surface area contributed by atoms with Crippen LogP contribution in [0, 0.1) is 0 Å². The number of carbonyl (C=O) groups excluding carboxylic acids is 2. The number of amides is 2. The van der Waals surface area contributed by atoms with Crippen molar-refractivity contribution in [3.05, 3.63) is 30.3 Å². The predicted molar refractivity (Wildman–Crippen MR) is 104 cm³/mol. The van der Waals surface area contributed by atoms with E-state index < -0.39 is 16.3 Å². The Morgan fingerprint density at radius 2 is 1.79 bits per heavy atom. The van der Waals surface area contributed by atoms with Gasteiger partial charge in [-0.05, 0) is 25.0 Å². The average Bonchev–Trinajstić information content (AvgIpc) is 2.77. The molecule has 2 aliphatic rings. The van der Waals surface area contributed by atoms with Crippen molar-refractivity contribution in [2.75, 3.05) is 32.8 Å². The third-order valence-corrected chi connectivity index (χ3v) is 6.89. The Bertz CT molecular complexity index is 787. The van der Waals surface area contributed by atoms with Gasteiger partial charge in [0.1, 0.15) is 0 Å². The van der Waals surface area contributed by atoms with Crippen LogP contribution in [0.4, 0.5) is 0 Å². The van der Waals surface area contributed by atoms with Gasteiger partial charge in [-0.25, -0.2) is 18.7 Å². The summed E-state index contributed by atoms with van der Waals surface area (Å²) in [5.74, 6) is -0.552. The van der Waals surface area contributed by atoms with Gasteiger partial charge in [0, 0.05) is 52.0 Å². The van der Waals surface area contributed by atoms with Crippen LogP contribution < -0.4 is 5.48 Å². The Labute approximate surface area is 170 Å². The van der Waals surface area contributed by atoms with Gasteiger partial charge in [0.15, 0.2) is 6.29 Å². The molecule has 1 unspecified atom stereocenters. The SMILES string of the molecule is O=C(CCC(=O)N1CCN(S(=O)(=O)c2ccccc2)CC1)NOC1CCCCO1. The topological polar surface area (TPSA) is 105 Å². The minimum Gasteiger partial charge on any atom is -0.350 e. The molecular weight excluding hydrogens is 398 g/mol. The summed E-state index contributed by atoms with van der Waals surface area (Å²) in [7, 11) is -3.55. The van der Waals surface area contributed by atoms with Crippen molar-refractivity contribution in [1.82, 2.24) is 14.7 Å². The first-order chi connectivity index (χ1) is 14.0. The lowest BCUT2D eigenvalue weighted by molar-refractivity contribution is -0.200. The summed E-state index contributed by atoms with van der Waals surface area (Å²) >= 11 is 0. The van der Waals surface area contributed by atoms with Crippen LogP contribution in [0.2, 0.25) is 0 Å². The molecular formula is C19H27N3O6S. The first-order valence-electron chi connectivity index (χ1n) is 9.86. The van der Waals surface area contributed by atoms with E-state index in [0.29, 0.717) is 19.7 Å². The number of rotatable bonds is 7. The van der Waals surface area contributed by atoms with Crippen molar-refractivity contribution < 1.29 is 27.6 Å². The van der Waals surface area contributed by atoms with Gasteiger partial charge in [0.05, 0.1) is 4.90 Å². The fourth-order valence-electron chi connectivity index (χ4n) is 3.28. The highest BCUT2D eigenvalue weighted by atomic mass is 32.2. The van der Waals surface area contributed by atoms with Crippen molar-refractivity contribution in [3.8, 4) is 0 Å². The lowest BCUT2D eigenvalue weighted by atomic mass is 10.2. The third-order valence-electron chi connectivity index (χ3n) is 4.98. The Morgan fingerprint density at radius 3 is 2.45 bits per heavy atom. The van der Waals surface area contributed by atoms with Crippen LogP contribution in [0.15, 0.2) is 35.2 Å². The molecule has 29 heavy (non-hydrogen) atoms. The maximum Gasteiger partial charge on any atom is 0.244 e. The number of benzene rings is 1. The van der Waals surface area contributed by atoms with Gasteiger partial charge in [0.25, 0.3) is 0 Å². The van der Waals surface area contributed by atoms with E-state index in [0.717, 1.165) is 19.3 Å². The van der Waals surface area contributed by atoms with Gasteiger partial charge in [-0.15, -0.1) is 0 Å². The predicted octanol–water partition coefficient (Wildman–Crippen LogP) is 0.874. The second kappa shape index (κ2) is 10.1. The van der Waals surface area contributed by atoms with E-state index >= 15 is 0 Å². The normalized spacial score (nSPS) is 21.0. The number of sulfonamides is 1. The Balaban J connectivity index is 1.39. The lowest BCUT2D eigenvalue weighted by Crippen LogP contribution is -2.50. The summed E-state index contributed by atoms with van der Waals surface area (Å²) in [6.45, 7) is 1.69. The number of nitrogens with zero attached hydrogens (tertiary/aromatic N) is 2. The van der Waals surface area contributed by atoms with E-state index in [-0.39, 0.29) is 42.6 Å². The molecule has 160 valence electrons. The number of carbonyl (C=O) groups is 2. The molecule has 2 heterocycles. The van der Waals surface area contributed by atoms with Gasteiger partial charge in [-0.2, -0.15) is 4.31 Å². The van der Waals surface area contributed by atoms with Crippen molar-refractivity contribution in [1.29, 1.82) is 0 Å². The van der Waals surface area contributed by atoms with Crippen LogP contribution >= 0.6 is 0 Å². The molecule has 2 saturated heterocycles. The van der Waals surface area contributed by atoms with E-state index in [4.69, 9.17) is 9.57 Å². The zero-order valence-corrected chi connectivity index (χ0v) is 17.1. The molecule has 1 aromatic rings. The lowest BCUT2D eigenvalue weighted by Gasteiger charge is -2.34. The first-order valence-corrected chi connectivity index (χ1v) is 11.3. The molecule has 9 nitrogen and oxygen atoms in total. The summed E-state index contributed by atoms with van der Waals surface area (Å²) < 4.78 is 32.0. The minimum atomic E-state index is -3.55. The van der Waals surface area contributed by atoms with E-state index in [1.807, 2.05) is 0 Å². The van der Waals surface area contributed by atoms with E-state index in [2.05, 4.69) is 5.48 Å². The number of ether oxygens (including phenoxy) is 1. The van der Waals surface area contributed by atoms with Gasteiger partial charge in [-0.3, -0.25) is 9.59 Å². The van der Waals surface area contributed by atoms with Gasteiger partial charge in [-0.1, -0.05) is 18.2 Å². The molecule has 1 atom stereocenters. The van der Waals surface area contributed by atoms with Crippen LogP contribution in [0.5, 0.6) is 0 Å². The molecule has 0 aliphatic carbocycles. The largest absolute Gasteiger partial charge is 0.350 e. The highest BCUT2D eigenvalue weighted by Crippen LogP contribution is 2.17. The smallest absolute Gasteiger partial charge is 0.244 e. The average molecular weight is 426 g/mol. The summed E-state index contributed by atoms with van der Waals surface area (Å²) in [6, 6.07) is 8.25. The van der Waals surface area contributed by atoms with Crippen LogP contribution in [0.25, 0.3) is 0 Å². The number of hydrogen-bond acceptors (Lipinski definition) is 6. The van der Waals surface area contributed by atoms with E-state index in [1.54, 1.807) is 35.2 Å². The van der Waals surface area contributed by atoms with Crippen LogP contribution in [-0.4, -0.2) is 68.5 Å². The third kappa shape index (κ3) is 5.99. The Morgan fingerprint density at radius 1 is 1.07 bits per heavy atom. The molecule has 0 radical (unpaired) electrons. The molecule has 0 aromatic heterocycles. The maximum atomic E-state index is 12.6. The molecule has 0 spiro atoms. The molecule has 1 N–H and O–H groups in total. The van der Waals surface area contributed by atoms with Gasteiger partial charge < -0.3 is 9.64 Å². The highest BCUT2D eigenvalue weighted by molar-refractivity contribution is 7.89. The maximum absolute atomic E-state index is 12.6. The fourth-order valence-corrected chi connectivity index (χ4v) is 4.73. The minimum absolute atomic E-state index is 0.00802. The van der Waals surface area contributed by atoms with Gasteiger partial charge in [0.2, 0.25) is 21.8 Å². The molecule has 2 aliphatic heterocycles. The number of piperazine rings is 1. The standard InChI is InChI=1S/C19H27N3O6S/c23-17(20-28-19-8-4-5-15-27-19)9-10-18(24)21-11-13-22(14-12-21)29(25,26)16-6-2-1-3-7-16/h1-3,6-7,19H,4-5,8-15H2,(H,20,23). The van der Waals surface area contributed by atoms with Gasteiger partial charge >= 0.3 is 0 Å². The monoisotopic (exact) mass is 425 g/mol. The van der Waals surface area contributed by atoms with E-state index in [1.165, 1.54) is 4.31 Å². The van der Waals surface area contributed by atoms with Crippen molar-refractivity contribution in [2.24, 2.45) is 0 Å². The quantitative estimate of drug-likeness (QED) is 0.650. The first kappa shape index (κ1) is 21.7. The zero-order valence-electron chi connectivity index (χ0n) is 16.3. The summed E-state index contributed by atoms with van der Waals surface area (Å²) in [4.78, 5) is 31.2. The molecule has 2 fully saturated rings. The number of nitrogens with one attached hydrogen (secondary N) is 1.